The van der Waals surface area contributed by atoms with Gasteiger partial charge in [0.1, 0.15) is 18.1 Å². The van der Waals surface area contributed by atoms with Gasteiger partial charge in [-0.1, -0.05) is 6.92 Å². The van der Waals surface area contributed by atoms with Gasteiger partial charge in [0.15, 0.2) is 0 Å². The molecule has 1 aliphatic heterocycles. The van der Waals surface area contributed by atoms with Gasteiger partial charge in [0.2, 0.25) is 0 Å². The van der Waals surface area contributed by atoms with Gasteiger partial charge >= 0.3 is 0 Å². The Balaban J connectivity index is 0.00000264. The van der Waals surface area contributed by atoms with Crippen LogP contribution in [-0.2, 0) is 0 Å². The molecule has 23 heavy (non-hydrogen) atoms. The molecule has 0 bridgehead atoms. The standard InChI is InChI=1S/C18H30N2O2.ClH/c1-3-13-20(16-9-11-19-12-10-16)14-15-22-18-7-5-17(6-8-18)21-4-2;/h5-8,16,19H,3-4,9-15H2,1-2H3;1H. The summed E-state index contributed by atoms with van der Waals surface area (Å²) in [5, 5.41) is 3.44. The molecule has 132 valence electrons. The highest BCUT2D eigenvalue weighted by Gasteiger charge is 2.19. The second kappa shape index (κ2) is 11.5. The van der Waals surface area contributed by atoms with Crippen LogP contribution in [0, 0.1) is 0 Å². The number of nitrogens with one attached hydrogen (secondary N) is 1. The molecule has 2 rings (SSSR count). The van der Waals surface area contributed by atoms with Gasteiger partial charge in [-0.05, 0) is 70.1 Å². The third-order valence-electron chi connectivity index (χ3n) is 4.12. The first-order valence-electron chi connectivity index (χ1n) is 8.64. The molecule has 0 atom stereocenters. The van der Waals surface area contributed by atoms with Crippen molar-refractivity contribution in [3.63, 3.8) is 0 Å². The van der Waals surface area contributed by atoms with Crippen molar-refractivity contribution in [2.24, 2.45) is 0 Å². The third-order valence-corrected chi connectivity index (χ3v) is 4.12. The Bertz CT molecular complexity index is 408. The number of hydrogen-bond donors (Lipinski definition) is 1. The van der Waals surface area contributed by atoms with Gasteiger partial charge in [-0.2, -0.15) is 0 Å². The molecule has 1 aliphatic rings. The lowest BCUT2D eigenvalue weighted by atomic mass is 10.0. The van der Waals surface area contributed by atoms with Crippen LogP contribution in [0.4, 0.5) is 0 Å². The molecule has 1 fully saturated rings. The van der Waals surface area contributed by atoms with E-state index in [-0.39, 0.29) is 12.4 Å². The van der Waals surface area contributed by atoms with E-state index in [0.717, 1.165) is 44.3 Å². The molecule has 0 saturated carbocycles. The highest BCUT2D eigenvalue weighted by atomic mass is 35.5. The van der Waals surface area contributed by atoms with E-state index in [2.05, 4.69) is 17.1 Å². The van der Waals surface area contributed by atoms with Crippen LogP contribution in [0.3, 0.4) is 0 Å². The Morgan fingerprint density at radius 1 is 1.00 bits per heavy atom. The number of benzene rings is 1. The van der Waals surface area contributed by atoms with E-state index >= 15 is 0 Å². The fourth-order valence-electron chi connectivity index (χ4n) is 3.02. The lowest BCUT2D eigenvalue weighted by Crippen LogP contribution is -2.45. The maximum atomic E-state index is 5.89. The normalized spacial score (nSPS) is 15.3. The molecular weight excluding hydrogens is 312 g/mol. The molecule has 0 aromatic heterocycles. The van der Waals surface area contributed by atoms with Crippen LogP contribution >= 0.6 is 12.4 Å². The van der Waals surface area contributed by atoms with E-state index in [1.165, 1.54) is 19.3 Å². The summed E-state index contributed by atoms with van der Waals surface area (Å²) in [6.45, 7) is 10.1. The predicted molar refractivity (Wildman–Crippen MR) is 98.1 cm³/mol. The predicted octanol–water partition coefficient (Wildman–Crippen LogP) is 3.35. The zero-order valence-corrected chi connectivity index (χ0v) is 15.2. The zero-order valence-electron chi connectivity index (χ0n) is 14.4. The molecule has 1 aromatic rings. The van der Waals surface area contributed by atoms with Crippen molar-refractivity contribution in [1.29, 1.82) is 0 Å². The van der Waals surface area contributed by atoms with Crippen molar-refractivity contribution in [2.45, 2.75) is 39.2 Å². The first-order valence-corrected chi connectivity index (χ1v) is 8.64. The number of halogens is 1. The minimum atomic E-state index is 0. The van der Waals surface area contributed by atoms with Crippen LogP contribution in [0.1, 0.15) is 33.1 Å². The van der Waals surface area contributed by atoms with Gasteiger partial charge in [0.05, 0.1) is 6.61 Å². The largest absolute Gasteiger partial charge is 0.494 e. The summed E-state index contributed by atoms with van der Waals surface area (Å²) in [6.07, 6.45) is 3.71. The second-order valence-electron chi connectivity index (χ2n) is 5.77. The van der Waals surface area contributed by atoms with E-state index in [1.54, 1.807) is 0 Å². The van der Waals surface area contributed by atoms with E-state index in [1.807, 2.05) is 31.2 Å². The van der Waals surface area contributed by atoms with E-state index < -0.39 is 0 Å². The minimum Gasteiger partial charge on any atom is -0.494 e. The Morgan fingerprint density at radius 2 is 1.61 bits per heavy atom. The lowest BCUT2D eigenvalue weighted by molar-refractivity contribution is 0.135. The van der Waals surface area contributed by atoms with Crippen molar-refractivity contribution in [3.05, 3.63) is 24.3 Å². The van der Waals surface area contributed by atoms with Crippen LogP contribution in [0.15, 0.2) is 24.3 Å². The molecule has 0 amide bonds. The molecule has 0 spiro atoms. The summed E-state index contributed by atoms with van der Waals surface area (Å²) in [6, 6.07) is 8.62. The van der Waals surface area contributed by atoms with Gasteiger partial charge in [-0.25, -0.2) is 0 Å². The number of hydrogen-bond acceptors (Lipinski definition) is 4. The van der Waals surface area contributed by atoms with Crippen molar-refractivity contribution < 1.29 is 9.47 Å². The quantitative estimate of drug-likeness (QED) is 0.746. The van der Waals surface area contributed by atoms with Crippen LogP contribution in [0.2, 0.25) is 0 Å². The summed E-state index contributed by atoms with van der Waals surface area (Å²) >= 11 is 0. The van der Waals surface area contributed by atoms with E-state index in [4.69, 9.17) is 9.47 Å². The van der Waals surface area contributed by atoms with Gasteiger partial charge in [0.25, 0.3) is 0 Å². The molecule has 5 heteroatoms. The second-order valence-corrected chi connectivity index (χ2v) is 5.77. The van der Waals surface area contributed by atoms with Crippen molar-refractivity contribution in [1.82, 2.24) is 10.2 Å². The zero-order chi connectivity index (χ0) is 15.6. The third kappa shape index (κ3) is 6.98. The molecule has 0 unspecified atom stereocenters. The molecule has 0 aliphatic carbocycles. The summed E-state index contributed by atoms with van der Waals surface area (Å²) in [5.41, 5.74) is 0. The maximum absolute atomic E-state index is 5.89. The Kier molecular flexibility index (Phi) is 10.1. The Morgan fingerprint density at radius 3 is 2.17 bits per heavy atom. The van der Waals surface area contributed by atoms with Gasteiger partial charge in [-0.3, -0.25) is 4.90 Å². The van der Waals surface area contributed by atoms with Crippen molar-refractivity contribution >= 4 is 12.4 Å². The molecular formula is C18H31ClN2O2. The first-order chi connectivity index (χ1) is 10.8. The average molecular weight is 343 g/mol. The van der Waals surface area contributed by atoms with Gasteiger partial charge in [0, 0.05) is 12.6 Å². The topological polar surface area (TPSA) is 33.7 Å². The van der Waals surface area contributed by atoms with Crippen LogP contribution < -0.4 is 14.8 Å². The van der Waals surface area contributed by atoms with Crippen LogP contribution in [0.5, 0.6) is 11.5 Å². The maximum Gasteiger partial charge on any atom is 0.119 e. The van der Waals surface area contributed by atoms with Gasteiger partial charge < -0.3 is 14.8 Å². The number of piperidine rings is 1. The summed E-state index contributed by atoms with van der Waals surface area (Å²) < 4.78 is 11.3. The molecule has 1 aromatic carbocycles. The fraction of sp³-hybridized carbons (Fsp3) is 0.667. The minimum absolute atomic E-state index is 0. The first kappa shape index (κ1) is 20.1. The lowest BCUT2D eigenvalue weighted by Gasteiger charge is -2.34. The molecule has 1 heterocycles. The summed E-state index contributed by atoms with van der Waals surface area (Å²) in [7, 11) is 0. The van der Waals surface area contributed by atoms with Crippen molar-refractivity contribution in [2.75, 3.05) is 39.4 Å². The molecule has 4 nitrogen and oxygen atoms in total. The summed E-state index contributed by atoms with van der Waals surface area (Å²) in [5.74, 6) is 1.82. The summed E-state index contributed by atoms with van der Waals surface area (Å²) in [4.78, 5) is 2.59. The fourth-order valence-corrected chi connectivity index (χ4v) is 3.02. The smallest absolute Gasteiger partial charge is 0.119 e. The van der Waals surface area contributed by atoms with Crippen molar-refractivity contribution in [3.8, 4) is 11.5 Å². The van der Waals surface area contributed by atoms with Crippen LogP contribution in [-0.4, -0.2) is 50.3 Å². The highest BCUT2D eigenvalue weighted by molar-refractivity contribution is 5.85. The number of rotatable bonds is 9. The van der Waals surface area contributed by atoms with Crippen LogP contribution in [0.25, 0.3) is 0 Å². The van der Waals surface area contributed by atoms with E-state index in [9.17, 15) is 0 Å². The molecule has 1 saturated heterocycles. The average Bonchev–Trinajstić information content (AvgIpc) is 2.57. The SMILES string of the molecule is CCCN(CCOc1ccc(OCC)cc1)C1CCNCC1.Cl. The molecule has 0 radical (unpaired) electrons. The Labute approximate surface area is 146 Å². The monoisotopic (exact) mass is 342 g/mol. The number of ether oxygens (including phenoxy) is 2. The van der Waals surface area contributed by atoms with Gasteiger partial charge in [-0.15, -0.1) is 12.4 Å². The number of nitrogens with zero attached hydrogens (tertiary/aromatic N) is 1. The Hall–Kier alpha value is -0.970. The molecule has 1 N–H and O–H groups in total. The highest BCUT2D eigenvalue weighted by Crippen LogP contribution is 2.18. The van der Waals surface area contributed by atoms with E-state index in [0.29, 0.717) is 12.6 Å².